The van der Waals surface area contributed by atoms with Crippen LogP contribution < -0.4 is 9.47 Å². The van der Waals surface area contributed by atoms with Crippen LogP contribution in [-0.2, 0) is 21.3 Å². The summed E-state index contributed by atoms with van der Waals surface area (Å²) in [7, 11) is -0.0509. The first-order valence-corrected chi connectivity index (χ1v) is 8.31. The number of sulfone groups is 1. The number of benzene rings is 2. The van der Waals surface area contributed by atoms with Gasteiger partial charge in [0, 0.05) is 59.1 Å². The zero-order valence-corrected chi connectivity index (χ0v) is 18.9. The molecule has 0 heterocycles. The Morgan fingerprint density at radius 3 is 1.26 bits per heavy atom. The van der Waals surface area contributed by atoms with Gasteiger partial charge in [0.25, 0.3) is 0 Å². The van der Waals surface area contributed by atoms with Crippen molar-refractivity contribution in [3.63, 3.8) is 0 Å². The number of ether oxygens (including phenoxy) is 2. The first kappa shape index (κ1) is 23.0. The average Bonchev–Trinajstić information content (AvgIpc) is 2.48. The van der Waals surface area contributed by atoms with Crippen molar-refractivity contribution in [3.05, 3.63) is 59.7 Å². The van der Waals surface area contributed by atoms with E-state index in [2.05, 4.69) is 0 Å². The van der Waals surface area contributed by atoms with Gasteiger partial charge in [0.15, 0.2) is 9.84 Å². The predicted octanol–water partition coefficient (Wildman–Crippen LogP) is 2.06. The Bertz CT molecular complexity index is 628. The van der Waals surface area contributed by atoms with Crippen LogP contribution in [-0.4, -0.2) is 81.8 Å². The van der Waals surface area contributed by atoms with Crippen LogP contribution in [0.2, 0.25) is 0 Å². The summed E-state index contributed by atoms with van der Waals surface area (Å²) in [6, 6.07) is 14.1. The van der Waals surface area contributed by atoms with Crippen LogP contribution in [0.5, 0.6) is 11.5 Å². The SMILES string of the molecule is COc1ccc(CS(=O)(=O)Cc2ccc(OC)cc2)cc1.[Na].[Na]. The van der Waals surface area contributed by atoms with Gasteiger partial charge in [-0.05, 0) is 35.4 Å². The van der Waals surface area contributed by atoms with Crippen LogP contribution >= 0.6 is 0 Å². The molecule has 0 atom stereocenters. The van der Waals surface area contributed by atoms with Gasteiger partial charge in [-0.1, -0.05) is 24.3 Å². The van der Waals surface area contributed by atoms with Crippen molar-refractivity contribution >= 4 is 69.0 Å². The van der Waals surface area contributed by atoms with E-state index in [0.717, 1.165) is 11.1 Å². The molecule has 2 aromatic rings. The summed E-state index contributed by atoms with van der Waals surface area (Å²) < 4.78 is 34.5. The second kappa shape index (κ2) is 10.8. The number of rotatable bonds is 6. The molecule has 0 saturated heterocycles. The summed E-state index contributed by atoms with van der Waals surface area (Å²) >= 11 is 0. The van der Waals surface area contributed by atoms with Crippen LogP contribution in [0.25, 0.3) is 0 Å². The van der Waals surface area contributed by atoms with Gasteiger partial charge < -0.3 is 9.47 Å². The van der Waals surface area contributed by atoms with E-state index >= 15 is 0 Å². The van der Waals surface area contributed by atoms with Crippen molar-refractivity contribution in [1.29, 1.82) is 0 Å². The Labute approximate surface area is 182 Å². The van der Waals surface area contributed by atoms with Gasteiger partial charge in [0.05, 0.1) is 25.7 Å². The van der Waals surface area contributed by atoms with Crippen LogP contribution in [0.4, 0.5) is 0 Å². The van der Waals surface area contributed by atoms with Crippen molar-refractivity contribution in [2.45, 2.75) is 11.5 Å². The van der Waals surface area contributed by atoms with E-state index in [0.29, 0.717) is 11.5 Å². The fourth-order valence-corrected chi connectivity index (χ4v) is 3.51. The fourth-order valence-electron chi connectivity index (χ4n) is 2.00. The van der Waals surface area contributed by atoms with Gasteiger partial charge in [-0.15, -0.1) is 0 Å². The Morgan fingerprint density at radius 2 is 1.00 bits per heavy atom. The van der Waals surface area contributed by atoms with Gasteiger partial charge in [0.2, 0.25) is 0 Å². The van der Waals surface area contributed by atoms with Gasteiger partial charge >= 0.3 is 0 Å². The van der Waals surface area contributed by atoms with E-state index in [-0.39, 0.29) is 70.6 Å². The van der Waals surface area contributed by atoms with Crippen LogP contribution in [0.1, 0.15) is 11.1 Å². The molecule has 0 bridgehead atoms. The topological polar surface area (TPSA) is 52.6 Å². The molecule has 23 heavy (non-hydrogen) atoms. The third kappa shape index (κ3) is 7.61. The molecule has 0 spiro atoms. The summed E-state index contributed by atoms with van der Waals surface area (Å²) in [5, 5.41) is 0. The fraction of sp³-hybridized carbons (Fsp3) is 0.250. The number of hydrogen-bond acceptors (Lipinski definition) is 4. The molecule has 0 aliphatic carbocycles. The molecule has 0 N–H and O–H groups in total. The molecule has 0 saturated carbocycles. The predicted molar refractivity (Wildman–Crippen MR) is 93.8 cm³/mol. The van der Waals surface area contributed by atoms with Crippen molar-refractivity contribution in [2.75, 3.05) is 14.2 Å². The molecule has 0 unspecified atom stereocenters. The van der Waals surface area contributed by atoms with Crippen molar-refractivity contribution in [1.82, 2.24) is 0 Å². The standard InChI is InChI=1S/C16H18O4S.2Na/c1-19-15-7-3-13(4-8-15)11-21(17,18)12-14-5-9-16(20-2)10-6-14;;/h3-10H,11-12H2,1-2H3;;. The molecule has 2 rings (SSSR count). The molecule has 2 aromatic carbocycles. The summed E-state index contributed by atoms with van der Waals surface area (Å²) in [5.74, 6) is 1.46. The second-order valence-corrected chi connectivity index (χ2v) is 6.79. The quantitative estimate of drug-likeness (QED) is 0.747. The van der Waals surface area contributed by atoms with Crippen molar-refractivity contribution in [2.24, 2.45) is 0 Å². The van der Waals surface area contributed by atoms with Gasteiger partial charge in [-0.3, -0.25) is 0 Å². The van der Waals surface area contributed by atoms with Crippen LogP contribution in [0, 0.1) is 0 Å². The van der Waals surface area contributed by atoms with Gasteiger partial charge in [-0.25, -0.2) is 8.42 Å². The average molecular weight is 352 g/mol. The number of hydrogen-bond donors (Lipinski definition) is 0. The third-order valence-electron chi connectivity index (χ3n) is 3.09. The Balaban J connectivity index is 0.00000242. The molecule has 4 nitrogen and oxygen atoms in total. The molecular weight excluding hydrogens is 334 g/mol. The molecule has 7 heteroatoms. The molecule has 0 amide bonds. The monoisotopic (exact) mass is 352 g/mol. The molecule has 0 aliphatic rings. The maximum Gasteiger partial charge on any atom is 0.158 e. The maximum atomic E-state index is 12.2. The minimum atomic E-state index is -3.21. The summed E-state index contributed by atoms with van der Waals surface area (Å²) in [6.45, 7) is 0. The molecule has 2 radical (unpaired) electrons. The molecule has 114 valence electrons. The third-order valence-corrected chi connectivity index (χ3v) is 4.64. The minimum Gasteiger partial charge on any atom is -0.497 e. The van der Waals surface area contributed by atoms with E-state index in [1.165, 1.54) is 0 Å². The summed E-state index contributed by atoms with van der Waals surface area (Å²) in [4.78, 5) is 0. The van der Waals surface area contributed by atoms with Gasteiger partial charge in [0.1, 0.15) is 11.5 Å². The Hall–Kier alpha value is -0.01000. The smallest absolute Gasteiger partial charge is 0.158 e. The van der Waals surface area contributed by atoms with E-state index in [1.807, 2.05) is 0 Å². The first-order valence-electron chi connectivity index (χ1n) is 6.49. The van der Waals surface area contributed by atoms with Crippen molar-refractivity contribution < 1.29 is 17.9 Å². The van der Waals surface area contributed by atoms with E-state index in [1.54, 1.807) is 62.8 Å². The van der Waals surface area contributed by atoms with Gasteiger partial charge in [-0.2, -0.15) is 0 Å². The largest absolute Gasteiger partial charge is 0.497 e. The Kier molecular flexibility index (Phi) is 10.8. The normalized spacial score (nSPS) is 10.2. The zero-order chi connectivity index (χ0) is 15.3. The zero-order valence-electron chi connectivity index (χ0n) is 14.1. The molecular formula is C16H18Na2O4S. The Morgan fingerprint density at radius 1 is 0.696 bits per heavy atom. The van der Waals surface area contributed by atoms with Crippen LogP contribution in [0.3, 0.4) is 0 Å². The first-order chi connectivity index (χ1) is 10.0. The maximum absolute atomic E-state index is 12.2. The minimum absolute atomic E-state index is 0. The van der Waals surface area contributed by atoms with E-state index in [4.69, 9.17) is 9.47 Å². The molecule has 0 fully saturated rings. The number of methoxy groups -OCH3 is 2. The summed E-state index contributed by atoms with van der Waals surface area (Å²) in [5.41, 5.74) is 1.51. The van der Waals surface area contributed by atoms with Crippen molar-refractivity contribution in [3.8, 4) is 11.5 Å². The van der Waals surface area contributed by atoms with E-state index < -0.39 is 9.84 Å². The molecule has 0 aromatic heterocycles. The van der Waals surface area contributed by atoms with E-state index in [9.17, 15) is 8.42 Å². The van der Waals surface area contributed by atoms with Crippen LogP contribution in [0.15, 0.2) is 48.5 Å². The summed E-state index contributed by atoms with van der Waals surface area (Å²) in [6.07, 6.45) is 0. The second-order valence-electron chi connectivity index (χ2n) is 4.73. The molecule has 0 aliphatic heterocycles.